The highest BCUT2D eigenvalue weighted by Gasteiger charge is 2.33. The molecular weight excluding hydrogens is 421 g/mol. The zero-order valence-corrected chi connectivity index (χ0v) is 18.6. The van der Waals surface area contributed by atoms with E-state index in [2.05, 4.69) is 14.9 Å². The van der Waals surface area contributed by atoms with Gasteiger partial charge in [-0.2, -0.15) is 0 Å². The number of hydrogen-bond acceptors (Lipinski definition) is 5. The highest BCUT2D eigenvalue weighted by atomic mass is 19.1. The molecule has 7 nitrogen and oxygen atoms in total. The predicted octanol–water partition coefficient (Wildman–Crippen LogP) is 3.15. The van der Waals surface area contributed by atoms with Crippen LogP contribution in [-0.2, 0) is 19.5 Å². The van der Waals surface area contributed by atoms with Crippen LogP contribution in [0.3, 0.4) is 0 Å². The number of aryl methyl sites for hydroxylation is 1. The Bertz CT molecular complexity index is 1240. The van der Waals surface area contributed by atoms with Crippen molar-refractivity contribution < 1.29 is 9.18 Å². The van der Waals surface area contributed by atoms with E-state index in [1.165, 1.54) is 6.07 Å². The van der Waals surface area contributed by atoms with Gasteiger partial charge in [-0.05, 0) is 38.0 Å². The molecule has 8 heteroatoms. The number of H-pyrrole nitrogens is 1. The van der Waals surface area contributed by atoms with E-state index in [1.54, 1.807) is 29.3 Å². The van der Waals surface area contributed by atoms with Gasteiger partial charge >= 0.3 is 0 Å². The molecule has 1 N–H and O–H groups in total. The second kappa shape index (κ2) is 8.86. The molecule has 1 atom stereocenters. The van der Waals surface area contributed by atoms with Gasteiger partial charge in [0.1, 0.15) is 11.6 Å². The molecule has 33 heavy (non-hydrogen) atoms. The van der Waals surface area contributed by atoms with Crippen LogP contribution in [0.4, 0.5) is 4.39 Å². The first-order valence-electron chi connectivity index (χ1n) is 11.3. The van der Waals surface area contributed by atoms with E-state index in [0.717, 1.165) is 24.2 Å². The summed E-state index contributed by atoms with van der Waals surface area (Å²) >= 11 is 0. The van der Waals surface area contributed by atoms with E-state index in [9.17, 15) is 14.0 Å². The summed E-state index contributed by atoms with van der Waals surface area (Å²) in [6, 6.07) is 10.1. The third-order valence-corrected chi connectivity index (χ3v) is 6.51. The van der Waals surface area contributed by atoms with Gasteiger partial charge in [0, 0.05) is 50.1 Å². The molecule has 0 radical (unpaired) electrons. The minimum absolute atomic E-state index is 0.0959. The van der Waals surface area contributed by atoms with Gasteiger partial charge in [0.2, 0.25) is 0 Å². The van der Waals surface area contributed by atoms with Crippen LogP contribution in [0.15, 0.2) is 47.4 Å². The lowest BCUT2D eigenvalue weighted by Crippen LogP contribution is -2.38. The molecule has 1 saturated heterocycles. The van der Waals surface area contributed by atoms with Crippen LogP contribution in [0.2, 0.25) is 0 Å². The first-order valence-corrected chi connectivity index (χ1v) is 11.3. The molecule has 1 fully saturated rings. The van der Waals surface area contributed by atoms with Crippen molar-refractivity contribution in [3.05, 3.63) is 92.7 Å². The molecule has 4 heterocycles. The van der Waals surface area contributed by atoms with Crippen LogP contribution in [0.25, 0.3) is 0 Å². The van der Waals surface area contributed by atoms with Gasteiger partial charge < -0.3 is 9.88 Å². The van der Waals surface area contributed by atoms with Crippen LogP contribution in [0.1, 0.15) is 57.6 Å². The number of benzene rings is 1. The minimum Gasteiger partial charge on any atom is -0.328 e. The van der Waals surface area contributed by atoms with Gasteiger partial charge in [-0.3, -0.25) is 19.5 Å². The highest BCUT2D eigenvalue weighted by Crippen LogP contribution is 2.31. The first kappa shape index (κ1) is 21.5. The number of carbonyl (C=O) groups is 1. The molecule has 1 amide bonds. The number of rotatable bonds is 4. The molecule has 0 aliphatic carbocycles. The maximum atomic E-state index is 14.0. The molecule has 0 spiro atoms. The number of aromatic amines is 1. The fourth-order valence-electron chi connectivity index (χ4n) is 4.71. The smallest absolute Gasteiger partial charge is 0.256 e. The fraction of sp³-hybridized carbons (Fsp3) is 0.360. The SMILES string of the molecule is Cc1ccc(C(=O)N2CCCC2c2nc3c(c(=O)[nH]2)CN(Cc2ccccc2F)CC3)cn1. The minimum atomic E-state index is -0.256. The summed E-state index contributed by atoms with van der Waals surface area (Å²) in [5.74, 6) is 0.217. The van der Waals surface area contributed by atoms with Crippen LogP contribution < -0.4 is 5.56 Å². The third kappa shape index (κ3) is 4.30. The maximum Gasteiger partial charge on any atom is 0.256 e. The predicted molar refractivity (Wildman–Crippen MR) is 121 cm³/mol. The zero-order valence-electron chi connectivity index (χ0n) is 18.6. The Hall–Kier alpha value is -3.39. The van der Waals surface area contributed by atoms with E-state index < -0.39 is 0 Å². The molecular formula is C25H26FN5O2. The van der Waals surface area contributed by atoms with Crippen LogP contribution in [0, 0.1) is 12.7 Å². The van der Waals surface area contributed by atoms with Crippen molar-refractivity contribution in [2.75, 3.05) is 13.1 Å². The lowest BCUT2D eigenvalue weighted by Gasteiger charge is -2.29. The fourth-order valence-corrected chi connectivity index (χ4v) is 4.71. The third-order valence-electron chi connectivity index (χ3n) is 6.51. The van der Waals surface area contributed by atoms with Crippen molar-refractivity contribution in [3.63, 3.8) is 0 Å². The van der Waals surface area contributed by atoms with Crippen LogP contribution in [-0.4, -0.2) is 43.7 Å². The molecule has 3 aromatic rings. The molecule has 0 bridgehead atoms. The zero-order chi connectivity index (χ0) is 22.9. The molecule has 2 aliphatic heterocycles. The molecule has 2 aliphatic rings. The van der Waals surface area contributed by atoms with Crippen LogP contribution in [0.5, 0.6) is 0 Å². The number of nitrogens with zero attached hydrogens (tertiary/aromatic N) is 4. The van der Waals surface area contributed by atoms with Crippen molar-refractivity contribution in [1.82, 2.24) is 24.8 Å². The number of pyridine rings is 1. The highest BCUT2D eigenvalue weighted by molar-refractivity contribution is 5.94. The number of likely N-dealkylation sites (tertiary alicyclic amines) is 1. The first-order chi connectivity index (χ1) is 16.0. The van der Waals surface area contributed by atoms with Gasteiger partial charge in [0.05, 0.1) is 22.9 Å². The summed E-state index contributed by atoms with van der Waals surface area (Å²) in [5.41, 5.74) is 3.23. The van der Waals surface area contributed by atoms with Crippen molar-refractivity contribution in [2.24, 2.45) is 0 Å². The number of hydrogen-bond donors (Lipinski definition) is 1. The Morgan fingerprint density at radius 3 is 2.85 bits per heavy atom. The number of amides is 1. The lowest BCUT2D eigenvalue weighted by atomic mass is 10.0. The second-order valence-corrected chi connectivity index (χ2v) is 8.77. The van der Waals surface area contributed by atoms with E-state index in [0.29, 0.717) is 55.1 Å². The van der Waals surface area contributed by atoms with E-state index in [4.69, 9.17) is 4.98 Å². The Labute approximate surface area is 191 Å². The Morgan fingerprint density at radius 1 is 1.21 bits per heavy atom. The van der Waals surface area contributed by atoms with Crippen molar-refractivity contribution in [3.8, 4) is 0 Å². The van der Waals surface area contributed by atoms with E-state index in [1.807, 2.05) is 19.1 Å². The monoisotopic (exact) mass is 447 g/mol. The average molecular weight is 448 g/mol. The molecule has 1 aromatic carbocycles. The Kier molecular flexibility index (Phi) is 5.76. The molecule has 170 valence electrons. The standard InChI is InChI=1S/C25H26FN5O2/c1-16-8-9-17(13-27-16)25(33)31-11-4-7-22(31)23-28-21-10-12-30(15-19(21)24(32)29-23)14-18-5-2-3-6-20(18)26/h2-3,5-6,8-9,13,22H,4,7,10-12,14-15H2,1H3,(H,28,29,32). The van der Waals surface area contributed by atoms with Crippen LogP contribution >= 0.6 is 0 Å². The van der Waals surface area contributed by atoms with Gasteiger partial charge in [-0.25, -0.2) is 9.37 Å². The summed E-state index contributed by atoms with van der Waals surface area (Å²) < 4.78 is 14.0. The average Bonchev–Trinajstić information content (AvgIpc) is 3.31. The number of aromatic nitrogens is 3. The molecule has 1 unspecified atom stereocenters. The molecule has 0 saturated carbocycles. The summed E-state index contributed by atoms with van der Waals surface area (Å²) in [4.78, 5) is 41.9. The quantitative estimate of drug-likeness (QED) is 0.665. The number of carbonyl (C=O) groups excluding carboxylic acids is 1. The van der Waals surface area contributed by atoms with E-state index >= 15 is 0 Å². The summed E-state index contributed by atoms with van der Waals surface area (Å²) in [6.07, 6.45) is 3.82. The van der Waals surface area contributed by atoms with Gasteiger partial charge in [-0.1, -0.05) is 18.2 Å². The number of halogens is 1. The summed E-state index contributed by atoms with van der Waals surface area (Å²) in [6.45, 7) is 4.07. The second-order valence-electron chi connectivity index (χ2n) is 8.77. The lowest BCUT2D eigenvalue weighted by molar-refractivity contribution is 0.0728. The van der Waals surface area contributed by atoms with Crippen molar-refractivity contribution in [1.29, 1.82) is 0 Å². The molecule has 5 rings (SSSR count). The Balaban J connectivity index is 1.36. The topological polar surface area (TPSA) is 82.2 Å². The van der Waals surface area contributed by atoms with Crippen molar-refractivity contribution >= 4 is 5.91 Å². The van der Waals surface area contributed by atoms with E-state index in [-0.39, 0.29) is 23.3 Å². The number of nitrogens with one attached hydrogen (secondary N) is 1. The van der Waals surface area contributed by atoms with Gasteiger partial charge in [-0.15, -0.1) is 0 Å². The summed E-state index contributed by atoms with van der Waals surface area (Å²) in [7, 11) is 0. The Morgan fingerprint density at radius 2 is 2.06 bits per heavy atom. The van der Waals surface area contributed by atoms with Crippen molar-refractivity contribution in [2.45, 2.75) is 45.3 Å². The van der Waals surface area contributed by atoms with Gasteiger partial charge in [0.15, 0.2) is 0 Å². The summed E-state index contributed by atoms with van der Waals surface area (Å²) in [5, 5.41) is 0. The number of fused-ring (bicyclic) bond motifs is 1. The maximum absolute atomic E-state index is 14.0. The molecule has 2 aromatic heterocycles. The normalized spacial score (nSPS) is 18.4. The largest absolute Gasteiger partial charge is 0.328 e. The van der Waals surface area contributed by atoms with Gasteiger partial charge in [0.25, 0.3) is 11.5 Å².